The molecule has 410 valence electrons. The van der Waals surface area contributed by atoms with Gasteiger partial charge >= 0.3 is 0 Å². The smallest absolute Gasteiger partial charge is 0.252 e. The van der Waals surface area contributed by atoms with Crippen molar-refractivity contribution < 1.29 is 0 Å². The highest BCUT2D eigenvalue weighted by molar-refractivity contribution is 7.00. The molecule has 0 N–H and O–H groups in total. The summed E-state index contributed by atoms with van der Waals surface area (Å²) in [5, 5.41) is 2.25. The molecule has 0 fully saturated rings. The number of hydrogen-bond donors (Lipinski definition) is 0. The third-order valence-corrected chi connectivity index (χ3v) is 17.4. The Labute approximate surface area is 510 Å². The van der Waals surface area contributed by atoms with Crippen LogP contribution in [0.3, 0.4) is 0 Å². The normalized spacial score (nSPS) is 12.2. The lowest BCUT2D eigenvalue weighted by Crippen LogP contribution is -2.61. The number of nitrogens with zero attached hydrogens (tertiary/aromatic N) is 7. The third-order valence-electron chi connectivity index (χ3n) is 17.4. The van der Waals surface area contributed by atoms with Crippen molar-refractivity contribution in [2.24, 2.45) is 0 Å². The molecule has 2 aliphatic heterocycles. The minimum atomic E-state index is 0.0128. The van der Waals surface area contributed by atoms with E-state index in [1.165, 1.54) is 27.8 Å². The molecule has 17 rings (SSSR count). The van der Waals surface area contributed by atoms with Gasteiger partial charge in [0.25, 0.3) is 6.71 Å². The fraction of sp³-hybridized carbons (Fsp3) is 0. The van der Waals surface area contributed by atoms with E-state index >= 15 is 0 Å². The van der Waals surface area contributed by atoms with Gasteiger partial charge in [0.1, 0.15) is 0 Å². The van der Waals surface area contributed by atoms with E-state index in [9.17, 15) is 0 Å². The second-order valence-electron chi connectivity index (χ2n) is 22.5. The Morgan fingerprint density at radius 3 is 1.16 bits per heavy atom. The van der Waals surface area contributed by atoms with E-state index in [1.54, 1.807) is 0 Å². The van der Waals surface area contributed by atoms with Crippen LogP contribution < -0.4 is 26.2 Å². The molecule has 0 radical (unpaired) electrons. The zero-order valence-corrected chi connectivity index (χ0v) is 47.7. The Morgan fingerprint density at radius 1 is 0.250 bits per heavy atom. The molecule has 0 unspecified atom stereocenters. The number of aromatic nitrogens is 5. The molecule has 88 heavy (non-hydrogen) atoms. The van der Waals surface area contributed by atoms with Crippen LogP contribution in [-0.2, 0) is 0 Å². The Hall–Kier alpha value is -11.7. The van der Waals surface area contributed by atoms with Crippen LogP contribution in [0.15, 0.2) is 315 Å². The van der Waals surface area contributed by atoms with Crippen LogP contribution in [0.4, 0.5) is 34.1 Å². The molecule has 8 heteroatoms. The molecule has 15 aromatic rings. The van der Waals surface area contributed by atoms with E-state index in [0.29, 0.717) is 11.6 Å². The zero-order chi connectivity index (χ0) is 58.1. The van der Waals surface area contributed by atoms with Crippen molar-refractivity contribution in [3.05, 3.63) is 315 Å². The second-order valence-corrected chi connectivity index (χ2v) is 22.5. The summed E-state index contributed by atoms with van der Waals surface area (Å²) in [6, 6.07) is 112. The lowest BCUT2D eigenvalue weighted by atomic mass is 9.33. The van der Waals surface area contributed by atoms with Crippen LogP contribution in [0, 0.1) is 0 Å². The van der Waals surface area contributed by atoms with Gasteiger partial charge in [-0.3, -0.25) is 0 Å². The van der Waals surface area contributed by atoms with Gasteiger partial charge in [-0.15, -0.1) is 0 Å². The topological polar surface area (TPSA) is 63.0 Å². The van der Waals surface area contributed by atoms with E-state index < -0.39 is 0 Å². The fourth-order valence-electron chi connectivity index (χ4n) is 13.4. The molecule has 5 heterocycles. The highest BCUT2D eigenvalue weighted by Gasteiger charge is 2.43. The summed E-state index contributed by atoms with van der Waals surface area (Å²) in [6.07, 6.45) is 0. The van der Waals surface area contributed by atoms with Crippen molar-refractivity contribution in [3.8, 4) is 84.6 Å². The summed E-state index contributed by atoms with van der Waals surface area (Å²) >= 11 is 0. The van der Waals surface area contributed by atoms with Gasteiger partial charge in [-0.05, 0) is 125 Å². The quantitative estimate of drug-likeness (QED) is 0.127. The zero-order valence-electron chi connectivity index (χ0n) is 47.7. The summed E-state index contributed by atoms with van der Waals surface area (Å²) in [6.45, 7) is 0.0128. The molecule has 0 bridgehead atoms. The molecule has 0 amide bonds. The maximum Gasteiger partial charge on any atom is 0.252 e. The average molecular weight is 1120 g/mol. The molecule has 2 aliphatic rings. The molecular weight excluding hydrogens is 1070 g/mol. The van der Waals surface area contributed by atoms with Crippen LogP contribution in [0.5, 0.6) is 0 Å². The van der Waals surface area contributed by atoms with Crippen molar-refractivity contribution in [1.29, 1.82) is 0 Å². The van der Waals surface area contributed by atoms with Gasteiger partial charge in [0.2, 0.25) is 0 Å². The largest absolute Gasteiger partial charge is 0.311 e. The summed E-state index contributed by atoms with van der Waals surface area (Å²) < 4.78 is 2.40. The van der Waals surface area contributed by atoms with Crippen molar-refractivity contribution in [2.75, 3.05) is 9.80 Å². The van der Waals surface area contributed by atoms with Gasteiger partial charge in [-0.2, -0.15) is 0 Å². The second kappa shape index (κ2) is 21.1. The Balaban J connectivity index is 0.902. The maximum absolute atomic E-state index is 5.52. The summed E-state index contributed by atoms with van der Waals surface area (Å²) in [4.78, 5) is 26.7. The van der Waals surface area contributed by atoms with Gasteiger partial charge in [0.05, 0.1) is 39.5 Å². The van der Waals surface area contributed by atoms with Gasteiger partial charge in [-0.25, -0.2) is 19.9 Å². The molecule has 0 aliphatic carbocycles. The predicted molar refractivity (Wildman–Crippen MR) is 364 cm³/mol. The van der Waals surface area contributed by atoms with E-state index in [4.69, 9.17) is 19.9 Å². The SMILES string of the molecule is c1ccc(-c2cc(-c3ccccc3)nc(-c3ccc(-n4c5ccccc5c5cc(-c6cc7c8c(c6)N(c6ccccc6)c6ccccc6B8c6ccccc6N7c6ccccc6)ccc54)c(-c4nc(-c5ccccc5)cc(-c5ccccc5)n4)c3)n2)cc1. The lowest BCUT2D eigenvalue weighted by Gasteiger charge is -2.44. The van der Waals surface area contributed by atoms with E-state index in [-0.39, 0.29) is 6.71 Å². The van der Waals surface area contributed by atoms with Crippen LogP contribution in [0.1, 0.15) is 0 Å². The third kappa shape index (κ3) is 8.60. The first-order valence-corrected chi connectivity index (χ1v) is 29.9. The molecule has 3 aromatic heterocycles. The van der Waals surface area contributed by atoms with E-state index in [1.807, 2.05) is 24.3 Å². The number of fused-ring (bicyclic) bond motifs is 7. The molecule has 0 saturated heterocycles. The van der Waals surface area contributed by atoms with Crippen LogP contribution in [0.25, 0.3) is 106 Å². The Bertz CT molecular complexity index is 4930. The summed E-state index contributed by atoms with van der Waals surface area (Å²) in [7, 11) is 0. The van der Waals surface area contributed by atoms with Crippen LogP contribution >= 0.6 is 0 Å². The van der Waals surface area contributed by atoms with Crippen LogP contribution in [-0.4, -0.2) is 31.2 Å². The first-order chi connectivity index (χ1) is 43.6. The van der Waals surface area contributed by atoms with Crippen molar-refractivity contribution in [1.82, 2.24) is 24.5 Å². The Morgan fingerprint density at radius 2 is 0.659 bits per heavy atom. The van der Waals surface area contributed by atoms with Gasteiger partial charge in [-0.1, -0.05) is 218 Å². The highest BCUT2D eigenvalue weighted by Crippen LogP contribution is 2.47. The van der Waals surface area contributed by atoms with E-state index in [0.717, 1.165) is 118 Å². The Kier molecular flexibility index (Phi) is 12.2. The number of benzene rings is 12. The number of rotatable bonds is 10. The maximum atomic E-state index is 5.52. The minimum Gasteiger partial charge on any atom is -0.311 e. The van der Waals surface area contributed by atoms with Crippen molar-refractivity contribution in [2.45, 2.75) is 0 Å². The molecular formula is C80H52BN7. The predicted octanol–water partition coefficient (Wildman–Crippen LogP) is 18.1. The monoisotopic (exact) mass is 1120 g/mol. The van der Waals surface area contributed by atoms with Crippen molar-refractivity contribution >= 4 is 79.0 Å². The number of para-hydroxylation sites is 5. The molecule has 0 saturated carbocycles. The standard InChI is InChI=1S/C80H52BN7/c1-7-25-53(26-8-1)67-51-68(54-27-9-2-10-28-54)83-79(82-67)58-44-46-73(64(48-58)80-84-69(55-29-11-3-12-30-55)52-70(85-80)56-31-13-4-14-32-56)88-71-40-22-19-37-62(71)63-47-57(43-45-72(63)88)59-49-76-78-77(50-59)87(61-35-17-6-18-36-61)75-42-24-21-39-66(75)81(78)65-38-20-23-41-74(65)86(76)60-33-15-5-16-34-60/h1-52H. The molecule has 0 spiro atoms. The molecule has 12 aromatic carbocycles. The molecule has 0 atom stereocenters. The fourth-order valence-corrected chi connectivity index (χ4v) is 13.4. The summed E-state index contributed by atoms with van der Waals surface area (Å²) in [5.41, 5.74) is 25.0. The number of hydrogen-bond acceptors (Lipinski definition) is 6. The van der Waals surface area contributed by atoms with E-state index in [2.05, 4.69) is 306 Å². The van der Waals surface area contributed by atoms with Crippen LogP contribution in [0.2, 0.25) is 0 Å². The van der Waals surface area contributed by atoms with Gasteiger partial charge < -0.3 is 14.4 Å². The number of anilines is 6. The highest BCUT2D eigenvalue weighted by atomic mass is 15.2. The van der Waals surface area contributed by atoms with Gasteiger partial charge in [0, 0.05) is 78.3 Å². The van der Waals surface area contributed by atoms with Crippen molar-refractivity contribution in [3.63, 3.8) is 0 Å². The lowest BCUT2D eigenvalue weighted by molar-refractivity contribution is 1.13. The summed E-state index contributed by atoms with van der Waals surface area (Å²) in [5.74, 6) is 1.18. The first-order valence-electron chi connectivity index (χ1n) is 29.9. The molecule has 7 nitrogen and oxygen atoms in total. The average Bonchev–Trinajstić information content (AvgIpc) is 1.14. The minimum absolute atomic E-state index is 0.0128. The van der Waals surface area contributed by atoms with Gasteiger partial charge in [0.15, 0.2) is 11.6 Å². The first kappa shape index (κ1) is 50.8.